The van der Waals surface area contributed by atoms with Gasteiger partial charge >= 0.3 is 5.69 Å². The Hall–Kier alpha value is -3.68. The van der Waals surface area contributed by atoms with Crippen molar-refractivity contribution in [3.63, 3.8) is 0 Å². The Balaban J connectivity index is 1.49. The van der Waals surface area contributed by atoms with Crippen LogP contribution in [-0.4, -0.2) is 25.1 Å². The lowest BCUT2D eigenvalue weighted by Gasteiger charge is -2.15. The highest BCUT2D eigenvalue weighted by molar-refractivity contribution is 5.76. The summed E-state index contributed by atoms with van der Waals surface area (Å²) in [7, 11) is 1.76. The molecule has 31 heavy (non-hydrogen) atoms. The van der Waals surface area contributed by atoms with Crippen LogP contribution in [0.1, 0.15) is 24.6 Å². The van der Waals surface area contributed by atoms with Crippen LogP contribution in [-0.2, 0) is 20.0 Å². The largest absolute Gasteiger partial charge is 0.368 e. The van der Waals surface area contributed by atoms with Crippen LogP contribution in [0.4, 0.5) is 16.2 Å². The lowest BCUT2D eigenvalue weighted by atomic mass is 10.1. The number of para-hydroxylation sites is 2. The first-order valence-corrected chi connectivity index (χ1v) is 10.2. The van der Waals surface area contributed by atoms with Crippen molar-refractivity contribution in [1.29, 1.82) is 0 Å². The first kappa shape index (κ1) is 20.6. The van der Waals surface area contributed by atoms with E-state index in [4.69, 9.17) is 5.73 Å². The second-order valence-electron chi connectivity index (χ2n) is 7.73. The Bertz CT molecular complexity index is 1260. The molecule has 8 heteroatoms. The average Bonchev–Trinajstić information content (AvgIpc) is 2.98. The number of hydrogen-bond donors (Lipinski definition) is 2. The number of hydrogen-bond acceptors (Lipinski definition) is 5. The molecule has 0 radical (unpaired) electrons. The molecule has 0 bridgehead atoms. The number of rotatable bonds is 7. The SMILES string of the molecule is C[C@H](CCc1ccc(F)cc1)Nc1cc(Cn2c(=O)n(C)c3ccccc32)nc(N)n1. The predicted molar refractivity (Wildman–Crippen MR) is 121 cm³/mol. The molecule has 2 aromatic heterocycles. The maximum atomic E-state index is 13.1. The van der Waals surface area contributed by atoms with Crippen molar-refractivity contribution < 1.29 is 4.39 Å². The summed E-state index contributed by atoms with van der Waals surface area (Å²) in [4.78, 5) is 21.3. The van der Waals surface area contributed by atoms with Gasteiger partial charge in [-0.1, -0.05) is 24.3 Å². The van der Waals surface area contributed by atoms with E-state index in [1.54, 1.807) is 28.3 Å². The van der Waals surface area contributed by atoms with Crippen molar-refractivity contribution >= 4 is 22.8 Å². The highest BCUT2D eigenvalue weighted by Crippen LogP contribution is 2.16. The minimum Gasteiger partial charge on any atom is -0.368 e. The van der Waals surface area contributed by atoms with Gasteiger partial charge in [-0.05, 0) is 49.6 Å². The van der Waals surface area contributed by atoms with E-state index >= 15 is 0 Å². The summed E-state index contributed by atoms with van der Waals surface area (Å²) < 4.78 is 16.4. The summed E-state index contributed by atoms with van der Waals surface area (Å²) >= 11 is 0. The molecule has 0 aliphatic rings. The summed E-state index contributed by atoms with van der Waals surface area (Å²) in [5.41, 5.74) is 9.26. The highest BCUT2D eigenvalue weighted by atomic mass is 19.1. The Labute approximate surface area is 179 Å². The number of halogens is 1. The fraction of sp³-hybridized carbons (Fsp3) is 0.261. The number of anilines is 2. The molecule has 1 atom stereocenters. The molecule has 2 heterocycles. The van der Waals surface area contributed by atoms with Crippen molar-refractivity contribution in [3.8, 4) is 0 Å². The molecule has 0 saturated heterocycles. The number of fused-ring (bicyclic) bond motifs is 1. The summed E-state index contributed by atoms with van der Waals surface area (Å²) in [6, 6.07) is 16.1. The minimum absolute atomic E-state index is 0.111. The number of benzene rings is 2. The minimum atomic E-state index is -0.232. The number of nitrogens with two attached hydrogens (primary N) is 1. The van der Waals surface area contributed by atoms with Crippen molar-refractivity contribution in [3.05, 3.63) is 82.2 Å². The summed E-state index contributed by atoms with van der Waals surface area (Å²) in [5, 5.41) is 3.35. The molecule has 3 N–H and O–H groups in total. The van der Waals surface area contributed by atoms with Gasteiger partial charge in [-0.15, -0.1) is 0 Å². The maximum absolute atomic E-state index is 13.1. The van der Waals surface area contributed by atoms with Crippen LogP contribution >= 0.6 is 0 Å². The Kier molecular flexibility index (Phi) is 5.70. The molecule has 160 valence electrons. The van der Waals surface area contributed by atoms with Gasteiger partial charge in [0.05, 0.1) is 23.3 Å². The van der Waals surface area contributed by atoms with Gasteiger partial charge in [0.1, 0.15) is 11.6 Å². The van der Waals surface area contributed by atoms with E-state index in [1.807, 2.05) is 30.3 Å². The molecule has 2 aromatic carbocycles. The normalized spacial score (nSPS) is 12.2. The zero-order valence-electron chi connectivity index (χ0n) is 17.5. The first-order valence-electron chi connectivity index (χ1n) is 10.2. The van der Waals surface area contributed by atoms with Crippen LogP contribution in [0.3, 0.4) is 0 Å². The molecule has 0 fully saturated rings. The lowest BCUT2D eigenvalue weighted by Crippen LogP contribution is -2.23. The van der Waals surface area contributed by atoms with Crippen LogP contribution in [0.15, 0.2) is 59.4 Å². The van der Waals surface area contributed by atoms with Crippen LogP contribution in [0.2, 0.25) is 0 Å². The van der Waals surface area contributed by atoms with Crippen molar-refractivity contribution in [2.45, 2.75) is 32.4 Å². The third-order valence-electron chi connectivity index (χ3n) is 5.34. The highest BCUT2D eigenvalue weighted by Gasteiger charge is 2.13. The van der Waals surface area contributed by atoms with Crippen molar-refractivity contribution in [1.82, 2.24) is 19.1 Å². The molecular formula is C23H25FN6O. The van der Waals surface area contributed by atoms with Gasteiger partial charge in [0, 0.05) is 19.2 Å². The van der Waals surface area contributed by atoms with Gasteiger partial charge in [0.25, 0.3) is 0 Å². The summed E-state index contributed by atoms with van der Waals surface area (Å²) in [5.74, 6) is 0.533. The van der Waals surface area contributed by atoms with E-state index < -0.39 is 0 Å². The van der Waals surface area contributed by atoms with E-state index in [0.29, 0.717) is 18.1 Å². The van der Waals surface area contributed by atoms with E-state index in [1.165, 1.54) is 12.1 Å². The third kappa shape index (κ3) is 4.58. The predicted octanol–water partition coefficient (Wildman–Crippen LogP) is 3.33. The molecule has 0 saturated carbocycles. The van der Waals surface area contributed by atoms with Gasteiger partial charge in [0.2, 0.25) is 5.95 Å². The number of aromatic nitrogens is 4. The molecule has 0 spiro atoms. The molecule has 4 aromatic rings. The lowest BCUT2D eigenvalue weighted by molar-refractivity contribution is 0.626. The van der Waals surface area contributed by atoms with Gasteiger partial charge in [0.15, 0.2) is 0 Å². The van der Waals surface area contributed by atoms with Crippen LogP contribution in [0.5, 0.6) is 0 Å². The fourth-order valence-corrected chi connectivity index (χ4v) is 3.71. The quantitative estimate of drug-likeness (QED) is 0.479. The van der Waals surface area contributed by atoms with Gasteiger partial charge in [-0.2, -0.15) is 4.98 Å². The van der Waals surface area contributed by atoms with Crippen LogP contribution in [0.25, 0.3) is 11.0 Å². The third-order valence-corrected chi connectivity index (χ3v) is 5.34. The van der Waals surface area contributed by atoms with Gasteiger partial charge in [-0.25, -0.2) is 14.2 Å². The number of imidazole rings is 1. The molecule has 4 rings (SSSR count). The van der Waals surface area contributed by atoms with E-state index in [-0.39, 0.29) is 23.5 Å². The van der Waals surface area contributed by atoms with Crippen molar-refractivity contribution in [2.75, 3.05) is 11.1 Å². The van der Waals surface area contributed by atoms with Crippen LogP contribution < -0.4 is 16.7 Å². The zero-order valence-corrected chi connectivity index (χ0v) is 17.5. The average molecular weight is 420 g/mol. The van der Waals surface area contributed by atoms with Crippen LogP contribution in [0, 0.1) is 5.82 Å². The Morgan fingerprint density at radius 2 is 1.81 bits per heavy atom. The fourth-order valence-electron chi connectivity index (χ4n) is 3.71. The molecule has 7 nitrogen and oxygen atoms in total. The molecule has 0 aliphatic heterocycles. The Morgan fingerprint density at radius 3 is 2.55 bits per heavy atom. The number of nitrogens with zero attached hydrogens (tertiary/aromatic N) is 4. The maximum Gasteiger partial charge on any atom is 0.329 e. The van der Waals surface area contributed by atoms with Gasteiger partial charge < -0.3 is 11.1 Å². The smallest absolute Gasteiger partial charge is 0.329 e. The Morgan fingerprint density at radius 1 is 1.10 bits per heavy atom. The van der Waals surface area contributed by atoms with E-state index in [2.05, 4.69) is 22.2 Å². The number of nitrogen functional groups attached to an aromatic ring is 1. The number of aryl methyl sites for hydroxylation is 2. The van der Waals surface area contributed by atoms with E-state index in [0.717, 1.165) is 29.4 Å². The van der Waals surface area contributed by atoms with Crippen molar-refractivity contribution in [2.24, 2.45) is 7.05 Å². The zero-order chi connectivity index (χ0) is 22.0. The molecule has 0 amide bonds. The first-order chi connectivity index (χ1) is 14.9. The second kappa shape index (κ2) is 8.59. The van der Waals surface area contributed by atoms with E-state index in [9.17, 15) is 9.18 Å². The summed E-state index contributed by atoms with van der Waals surface area (Å²) in [6.07, 6.45) is 1.65. The van der Waals surface area contributed by atoms with Gasteiger partial charge in [-0.3, -0.25) is 9.13 Å². The second-order valence-corrected chi connectivity index (χ2v) is 7.73. The standard InChI is InChI=1S/C23H25FN6O/c1-15(7-8-16-9-11-17(24)12-10-16)26-21-13-18(27-22(25)28-21)14-30-20-6-4-3-5-19(20)29(2)23(30)31/h3-6,9-13,15H,7-8,14H2,1-2H3,(H3,25,26,27,28)/t15-/m1/s1. The topological polar surface area (TPSA) is 90.8 Å². The molecule has 0 unspecified atom stereocenters. The summed E-state index contributed by atoms with van der Waals surface area (Å²) in [6.45, 7) is 2.35. The monoisotopic (exact) mass is 420 g/mol. The molecular weight excluding hydrogens is 395 g/mol. The number of nitrogens with one attached hydrogen (secondary N) is 1. The molecule has 0 aliphatic carbocycles.